The average Bonchev–Trinajstić information content (AvgIpc) is 3.13. The fourth-order valence-corrected chi connectivity index (χ4v) is 3.55. The number of anilines is 2. The fourth-order valence-electron chi connectivity index (χ4n) is 3.09. The second-order valence-electron chi connectivity index (χ2n) is 6.47. The Labute approximate surface area is 176 Å². The molecule has 0 unspecified atom stereocenters. The number of carbonyl (C=O) groups is 2. The van der Waals surface area contributed by atoms with Gasteiger partial charge in [-0.3, -0.25) is 9.59 Å². The first-order chi connectivity index (χ1) is 13.9. The molecule has 3 aromatic rings. The zero-order chi connectivity index (χ0) is 20.5. The molecule has 4 rings (SSSR count). The smallest absolute Gasteiger partial charge is 0.249 e. The number of carbonyl (C=O) groups excluding carboxylic acids is 2. The van der Waals surface area contributed by atoms with Gasteiger partial charge in [0.25, 0.3) is 0 Å². The van der Waals surface area contributed by atoms with Gasteiger partial charge in [-0.2, -0.15) is 5.10 Å². The van der Waals surface area contributed by atoms with Crippen molar-refractivity contribution in [1.82, 2.24) is 9.78 Å². The molecule has 2 aromatic carbocycles. The molecular weight excluding hydrogens is 415 g/mol. The zero-order valence-corrected chi connectivity index (χ0v) is 16.8. The number of fused-ring (bicyclic) bond motifs is 1. The summed E-state index contributed by atoms with van der Waals surface area (Å²) >= 11 is 12.0. The van der Waals surface area contributed by atoms with Crippen LogP contribution in [0.5, 0.6) is 5.75 Å². The molecule has 0 bridgehead atoms. The van der Waals surface area contributed by atoms with Gasteiger partial charge in [0.15, 0.2) is 0 Å². The summed E-state index contributed by atoms with van der Waals surface area (Å²) in [5.41, 5.74) is 1.88. The standard InChI is InChI=1S/C20H16Cl2N4O3/c1-29-13-5-2-11(3-6-13)16-9-18-24-19(27)10-17(26(18)25-16)20(28)23-15-7-4-12(21)8-14(15)22/h2-9,17H,10H2,1H3,(H,23,28)(H,24,27)/t17-/m1/s1. The van der Waals surface area contributed by atoms with Gasteiger partial charge in [0.2, 0.25) is 11.8 Å². The molecule has 148 valence electrons. The Hall–Kier alpha value is -3.03. The minimum absolute atomic E-state index is 0.0340. The molecule has 7 nitrogen and oxygen atoms in total. The van der Waals surface area contributed by atoms with Crippen LogP contribution in [0.3, 0.4) is 0 Å². The van der Waals surface area contributed by atoms with Crippen molar-refractivity contribution in [1.29, 1.82) is 0 Å². The van der Waals surface area contributed by atoms with Crippen LogP contribution in [0.2, 0.25) is 10.0 Å². The highest BCUT2D eigenvalue weighted by atomic mass is 35.5. The van der Waals surface area contributed by atoms with Gasteiger partial charge in [0.05, 0.1) is 29.9 Å². The van der Waals surface area contributed by atoms with Crippen molar-refractivity contribution in [2.45, 2.75) is 12.5 Å². The van der Waals surface area contributed by atoms with Gasteiger partial charge in [-0.1, -0.05) is 23.2 Å². The van der Waals surface area contributed by atoms with Crippen molar-refractivity contribution < 1.29 is 14.3 Å². The van der Waals surface area contributed by atoms with Crippen LogP contribution < -0.4 is 15.4 Å². The van der Waals surface area contributed by atoms with E-state index in [0.29, 0.717) is 27.2 Å². The molecule has 2 amide bonds. The van der Waals surface area contributed by atoms with Gasteiger partial charge in [0, 0.05) is 16.7 Å². The van der Waals surface area contributed by atoms with Crippen LogP contribution in [0.1, 0.15) is 12.5 Å². The largest absolute Gasteiger partial charge is 0.497 e. The summed E-state index contributed by atoms with van der Waals surface area (Å²) in [5, 5.41) is 10.8. The van der Waals surface area contributed by atoms with E-state index in [2.05, 4.69) is 15.7 Å². The lowest BCUT2D eigenvalue weighted by Crippen LogP contribution is -2.35. The number of methoxy groups -OCH3 is 1. The topological polar surface area (TPSA) is 85.2 Å². The van der Waals surface area contributed by atoms with Crippen molar-refractivity contribution in [3.05, 3.63) is 58.6 Å². The lowest BCUT2D eigenvalue weighted by atomic mass is 10.1. The number of nitrogens with one attached hydrogen (secondary N) is 2. The Morgan fingerprint density at radius 1 is 1.21 bits per heavy atom. The van der Waals surface area contributed by atoms with E-state index in [1.807, 2.05) is 24.3 Å². The maximum absolute atomic E-state index is 12.9. The molecule has 1 aliphatic rings. The van der Waals surface area contributed by atoms with Crippen LogP contribution in [-0.2, 0) is 9.59 Å². The zero-order valence-electron chi connectivity index (χ0n) is 15.3. The number of nitrogens with zero attached hydrogens (tertiary/aromatic N) is 2. The Morgan fingerprint density at radius 3 is 2.66 bits per heavy atom. The highest BCUT2D eigenvalue weighted by Crippen LogP contribution is 2.32. The van der Waals surface area contributed by atoms with E-state index in [4.69, 9.17) is 27.9 Å². The number of aromatic nitrogens is 2. The molecule has 0 fully saturated rings. The summed E-state index contributed by atoms with van der Waals surface area (Å²) in [5.74, 6) is 0.522. The average molecular weight is 431 g/mol. The van der Waals surface area contributed by atoms with Crippen LogP contribution in [0, 0.1) is 0 Å². The predicted octanol–water partition coefficient (Wildman–Crippen LogP) is 4.39. The summed E-state index contributed by atoms with van der Waals surface area (Å²) in [6, 6.07) is 13.0. The quantitative estimate of drug-likeness (QED) is 0.642. The van der Waals surface area contributed by atoms with Crippen LogP contribution >= 0.6 is 23.2 Å². The third-order valence-electron chi connectivity index (χ3n) is 4.55. The monoisotopic (exact) mass is 430 g/mol. The van der Waals surface area contributed by atoms with Crippen molar-refractivity contribution in [2.75, 3.05) is 17.7 Å². The Kier molecular flexibility index (Phi) is 5.17. The summed E-state index contributed by atoms with van der Waals surface area (Å²) in [6.07, 6.45) is -0.0340. The van der Waals surface area contributed by atoms with E-state index in [9.17, 15) is 9.59 Å². The van der Waals surface area contributed by atoms with Crippen molar-refractivity contribution in [2.24, 2.45) is 0 Å². The van der Waals surface area contributed by atoms with Crippen LogP contribution in [0.4, 0.5) is 11.5 Å². The molecule has 1 atom stereocenters. The normalized spacial score (nSPS) is 15.4. The van der Waals surface area contributed by atoms with Gasteiger partial charge < -0.3 is 15.4 Å². The first-order valence-electron chi connectivity index (χ1n) is 8.74. The van der Waals surface area contributed by atoms with Gasteiger partial charge in [-0.25, -0.2) is 4.68 Å². The first kappa shape index (κ1) is 19.3. The van der Waals surface area contributed by atoms with E-state index in [1.54, 1.807) is 25.3 Å². The van der Waals surface area contributed by atoms with Gasteiger partial charge in [0.1, 0.15) is 17.6 Å². The van der Waals surface area contributed by atoms with E-state index in [-0.39, 0.29) is 12.3 Å². The second-order valence-corrected chi connectivity index (χ2v) is 7.31. The number of halogens is 2. The molecule has 0 radical (unpaired) electrons. The number of hydrogen-bond donors (Lipinski definition) is 2. The summed E-state index contributed by atoms with van der Waals surface area (Å²) < 4.78 is 6.68. The predicted molar refractivity (Wildman–Crippen MR) is 112 cm³/mol. The molecule has 1 aliphatic heterocycles. The van der Waals surface area contributed by atoms with Gasteiger partial charge >= 0.3 is 0 Å². The molecule has 0 spiro atoms. The molecule has 9 heteroatoms. The molecule has 0 saturated heterocycles. The Morgan fingerprint density at radius 2 is 1.97 bits per heavy atom. The fraction of sp³-hybridized carbons (Fsp3) is 0.150. The number of amides is 2. The molecule has 2 N–H and O–H groups in total. The number of hydrogen-bond acceptors (Lipinski definition) is 4. The lowest BCUT2D eigenvalue weighted by molar-refractivity contribution is -0.125. The highest BCUT2D eigenvalue weighted by Gasteiger charge is 2.32. The molecule has 0 saturated carbocycles. The second kappa shape index (κ2) is 7.77. The van der Waals surface area contributed by atoms with Gasteiger partial charge in [-0.05, 0) is 42.5 Å². The lowest BCUT2D eigenvalue weighted by Gasteiger charge is -2.23. The molecular formula is C20H16Cl2N4O3. The summed E-state index contributed by atoms with van der Waals surface area (Å²) in [4.78, 5) is 25.0. The molecule has 2 heterocycles. The van der Waals surface area contributed by atoms with Crippen LogP contribution in [-0.4, -0.2) is 28.7 Å². The maximum Gasteiger partial charge on any atom is 0.249 e. The molecule has 0 aliphatic carbocycles. The molecule has 1 aromatic heterocycles. The van der Waals surface area contributed by atoms with Crippen molar-refractivity contribution >= 4 is 46.5 Å². The van der Waals surface area contributed by atoms with Gasteiger partial charge in [-0.15, -0.1) is 0 Å². The Balaban J connectivity index is 1.63. The number of ether oxygens (including phenoxy) is 1. The summed E-state index contributed by atoms with van der Waals surface area (Å²) in [7, 11) is 1.59. The highest BCUT2D eigenvalue weighted by molar-refractivity contribution is 6.36. The van der Waals surface area contributed by atoms with Crippen LogP contribution in [0.25, 0.3) is 11.3 Å². The minimum Gasteiger partial charge on any atom is -0.497 e. The third-order valence-corrected chi connectivity index (χ3v) is 5.10. The van der Waals surface area contributed by atoms with E-state index in [0.717, 1.165) is 11.3 Å². The maximum atomic E-state index is 12.9. The van der Waals surface area contributed by atoms with Crippen LogP contribution in [0.15, 0.2) is 48.5 Å². The van der Waals surface area contributed by atoms with Crippen molar-refractivity contribution in [3.8, 4) is 17.0 Å². The summed E-state index contributed by atoms with van der Waals surface area (Å²) in [6.45, 7) is 0. The van der Waals surface area contributed by atoms with E-state index < -0.39 is 11.9 Å². The third kappa shape index (κ3) is 3.92. The number of benzene rings is 2. The Bertz CT molecular complexity index is 1100. The van der Waals surface area contributed by atoms with E-state index in [1.165, 1.54) is 10.7 Å². The first-order valence-corrected chi connectivity index (χ1v) is 9.50. The minimum atomic E-state index is -0.808. The SMILES string of the molecule is COc1ccc(-c2cc3n(n2)[C@@H](C(=O)Nc2ccc(Cl)cc2Cl)CC(=O)N3)cc1. The number of rotatable bonds is 4. The van der Waals surface area contributed by atoms with E-state index >= 15 is 0 Å². The molecule has 29 heavy (non-hydrogen) atoms. The van der Waals surface area contributed by atoms with Crippen molar-refractivity contribution in [3.63, 3.8) is 0 Å².